The van der Waals surface area contributed by atoms with Crippen molar-refractivity contribution in [3.63, 3.8) is 0 Å². The van der Waals surface area contributed by atoms with Gasteiger partial charge >= 0.3 is 0 Å². The fourth-order valence-electron chi connectivity index (χ4n) is 3.16. The van der Waals surface area contributed by atoms with Crippen molar-refractivity contribution in [2.24, 2.45) is 11.8 Å². The lowest BCUT2D eigenvalue weighted by Gasteiger charge is -2.30. The van der Waals surface area contributed by atoms with Gasteiger partial charge in [-0.3, -0.25) is 0 Å². The van der Waals surface area contributed by atoms with Gasteiger partial charge in [0.25, 0.3) is 0 Å². The highest BCUT2D eigenvalue weighted by Gasteiger charge is 2.64. The van der Waals surface area contributed by atoms with Gasteiger partial charge in [0.2, 0.25) is 0 Å². The molecule has 0 aromatic heterocycles. The molecule has 2 aliphatic rings. The van der Waals surface area contributed by atoms with E-state index < -0.39 is 8.32 Å². The molecule has 2 fully saturated rings. The maximum absolute atomic E-state index is 6.39. The summed E-state index contributed by atoms with van der Waals surface area (Å²) in [5.41, 5.74) is 0.350. The zero-order valence-corrected chi connectivity index (χ0v) is 10.4. The molecule has 0 heterocycles. The van der Waals surface area contributed by atoms with Crippen LogP contribution < -0.4 is 0 Å². The van der Waals surface area contributed by atoms with E-state index in [1.54, 1.807) is 0 Å². The van der Waals surface area contributed by atoms with E-state index in [0.29, 0.717) is 5.60 Å². The Morgan fingerprint density at radius 2 is 1.92 bits per heavy atom. The Morgan fingerprint density at radius 1 is 1.23 bits per heavy atom. The standard InChI is InChI=1S/C11H22OSi/c1-9-10-7-5-6-8-11(9,10)12-13(2,3)4/h9-10H,5-8H2,1-4H3/t9-,10-,11-/m1/s1. The topological polar surface area (TPSA) is 9.23 Å². The fraction of sp³-hybridized carbons (Fsp3) is 1.00. The van der Waals surface area contributed by atoms with Gasteiger partial charge in [0.1, 0.15) is 0 Å². The molecule has 0 unspecified atom stereocenters. The van der Waals surface area contributed by atoms with Crippen LogP contribution in [0, 0.1) is 11.8 Å². The van der Waals surface area contributed by atoms with Crippen LogP contribution in [-0.2, 0) is 4.43 Å². The molecule has 0 aromatic carbocycles. The summed E-state index contributed by atoms with van der Waals surface area (Å²) in [6, 6.07) is 0. The van der Waals surface area contributed by atoms with Crippen molar-refractivity contribution in [3.8, 4) is 0 Å². The Labute approximate surface area is 83.0 Å². The average Bonchev–Trinajstić information content (AvgIpc) is 2.54. The minimum atomic E-state index is -1.32. The van der Waals surface area contributed by atoms with Gasteiger partial charge in [-0.2, -0.15) is 0 Å². The van der Waals surface area contributed by atoms with E-state index in [9.17, 15) is 0 Å². The summed E-state index contributed by atoms with van der Waals surface area (Å²) in [7, 11) is -1.32. The molecule has 0 aliphatic heterocycles. The first-order valence-corrected chi connectivity index (χ1v) is 9.07. The van der Waals surface area contributed by atoms with Crippen LogP contribution in [0.1, 0.15) is 32.6 Å². The van der Waals surface area contributed by atoms with E-state index in [4.69, 9.17) is 4.43 Å². The molecule has 13 heavy (non-hydrogen) atoms. The number of hydrogen-bond acceptors (Lipinski definition) is 1. The summed E-state index contributed by atoms with van der Waals surface area (Å²) in [4.78, 5) is 0. The molecule has 0 radical (unpaired) electrons. The third kappa shape index (κ3) is 1.59. The molecule has 2 rings (SSSR count). The first kappa shape index (κ1) is 9.72. The zero-order chi connectivity index (χ0) is 9.69. The summed E-state index contributed by atoms with van der Waals surface area (Å²) in [6.07, 6.45) is 5.59. The van der Waals surface area contributed by atoms with Gasteiger partial charge in [-0.1, -0.05) is 19.8 Å². The van der Waals surface area contributed by atoms with Gasteiger partial charge < -0.3 is 4.43 Å². The molecule has 0 spiro atoms. The highest BCUT2D eigenvalue weighted by Crippen LogP contribution is 2.62. The first-order chi connectivity index (χ1) is 5.96. The molecule has 1 nitrogen and oxygen atoms in total. The molecule has 0 saturated heterocycles. The molecule has 0 aromatic rings. The van der Waals surface area contributed by atoms with E-state index in [0.717, 1.165) is 11.8 Å². The van der Waals surface area contributed by atoms with E-state index in [1.165, 1.54) is 25.7 Å². The van der Waals surface area contributed by atoms with Gasteiger partial charge in [-0.05, 0) is 44.3 Å². The third-order valence-electron chi connectivity index (χ3n) is 3.72. The van der Waals surface area contributed by atoms with Crippen molar-refractivity contribution in [1.29, 1.82) is 0 Å². The van der Waals surface area contributed by atoms with Gasteiger partial charge in [-0.15, -0.1) is 0 Å². The van der Waals surface area contributed by atoms with Crippen molar-refractivity contribution >= 4 is 8.32 Å². The van der Waals surface area contributed by atoms with Gasteiger partial charge in [0.05, 0.1) is 5.60 Å². The second-order valence-electron chi connectivity index (χ2n) is 5.81. The largest absolute Gasteiger partial charge is 0.412 e. The molecular formula is C11H22OSi. The number of hydrogen-bond donors (Lipinski definition) is 0. The molecule has 0 amide bonds. The minimum absolute atomic E-state index is 0.350. The first-order valence-electron chi connectivity index (χ1n) is 5.66. The quantitative estimate of drug-likeness (QED) is 0.618. The zero-order valence-electron chi connectivity index (χ0n) is 9.39. The van der Waals surface area contributed by atoms with Crippen LogP contribution in [-0.4, -0.2) is 13.9 Å². The smallest absolute Gasteiger partial charge is 0.184 e. The van der Waals surface area contributed by atoms with Crippen LogP contribution in [0.5, 0.6) is 0 Å². The maximum Gasteiger partial charge on any atom is 0.184 e. The van der Waals surface area contributed by atoms with Gasteiger partial charge in [0, 0.05) is 0 Å². The maximum atomic E-state index is 6.39. The van der Waals surface area contributed by atoms with Crippen molar-refractivity contribution in [2.75, 3.05) is 0 Å². The van der Waals surface area contributed by atoms with Crippen molar-refractivity contribution < 1.29 is 4.43 Å². The van der Waals surface area contributed by atoms with Crippen molar-refractivity contribution in [1.82, 2.24) is 0 Å². The Morgan fingerprint density at radius 3 is 2.46 bits per heavy atom. The second-order valence-corrected chi connectivity index (χ2v) is 10.2. The van der Waals surface area contributed by atoms with Crippen LogP contribution in [0.4, 0.5) is 0 Å². The predicted octanol–water partition coefficient (Wildman–Crippen LogP) is 3.42. The van der Waals surface area contributed by atoms with E-state index in [1.807, 2.05) is 0 Å². The highest BCUT2D eigenvalue weighted by molar-refractivity contribution is 6.69. The lowest BCUT2D eigenvalue weighted by Crippen LogP contribution is -2.36. The summed E-state index contributed by atoms with van der Waals surface area (Å²) >= 11 is 0. The summed E-state index contributed by atoms with van der Waals surface area (Å²) in [6.45, 7) is 9.34. The normalized spacial score (nSPS) is 44.3. The molecule has 2 aliphatic carbocycles. The SMILES string of the molecule is C[C@@H]1[C@H]2CCCC[C@@]12O[Si](C)(C)C. The minimum Gasteiger partial charge on any atom is -0.412 e. The average molecular weight is 198 g/mol. The van der Waals surface area contributed by atoms with E-state index in [-0.39, 0.29) is 0 Å². The highest BCUT2D eigenvalue weighted by atomic mass is 28.4. The molecule has 3 atom stereocenters. The third-order valence-corrected chi connectivity index (χ3v) is 4.71. The van der Waals surface area contributed by atoms with Crippen LogP contribution in [0.15, 0.2) is 0 Å². The molecule has 0 bridgehead atoms. The number of rotatable bonds is 2. The van der Waals surface area contributed by atoms with Gasteiger partial charge in [-0.25, -0.2) is 0 Å². The Balaban J connectivity index is 2.05. The van der Waals surface area contributed by atoms with Crippen molar-refractivity contribution in [2.45, 2.75) is 57.8 Å². The van der Waals surface area contributed by atoms with E-state index >= 15 is 0 Å². The molecule has 0 N–H and O–H groups in total. The summed E-state index contributed by atoms with van der Waals surface area (Å²) < 4.78 is 6.39. The predicted molar refractivity (Wildman–Crippen MR) is 58.3 cm³/mol. The second kappa shape index (κ2) is 2.83. The van der Waals surface area contributed by atoms with Crippen molar-refractivity contribution in [3.05, 3.63) is 0 Å². The Kier molecular flexibility index (Phi) is 2.12. The molecule has 2 saturated carbocycles. The lowest BCUT2D eigenvalue weighted by atomic mass is 9.98. The summed E-state index contributed by atoms with van der Waals surface area (Å²) in [5, 5.41) is 0. The monoisotopic (exact) mass is 198 g/mol. The van der Waals surface area contributed by atoms with E-state index in [2.05, 4.69) is 26.6 Å². The van der Waals surface area contributed by atoms with Crippen LogP contribution in [0.2, 0.25) is 19.6 Å². The Hall–Kier alpha value is 0.177. The molecule has 76 valence electrons. The Bertz CT molecular complexity index is 209. The van der Waals surface area contributed by atoms with Crippen LogP contribution >= 0.6 is 0 Å². The van der Waals surface area contributed by atoms with Gasteiger partial charge in [0.15, 0.2) is 8.32 Å². The molecular weight excluding hydrogens is 176 g/mol. The number of fused-ring (bicyclic) bond motifs is 1. The van der Waals surface area contributed by atoms with Crippen LogP contribution in [0.25, 0.3) is 0 Å². The molecule has 2 heteroatoms. The fourth-order valence-corrected chi connectivity index (χ4v) is 4.73. The lowest BCUT2D eigenvalue weighted by molar-refractivity contribution is 0.112. The summed E-state index contributed by atoms with van der Waals surface area (Å²) in [5.74, 6) is 1.76. The van der Waals surface area contributed by atoms with Crippen LogP contribution in [0.3, 0.4) is 0 Å².